The highest BCUT2D eigenvalue weighted by molar-refractivity contribution is 7.98. The first-order valence-electron chi connectivity index (χ1n) is 9.94. The van der Waals surface area contributed by atoms with Gasteiger partial charge < -0.3 is 0 Å². The van der Waals surface area contributed by atoms with Crippen molar-refractivity contribution in [2.24, 2.45) is 0 Å². The van der Waals surface area contributed by atoms with Crippen LogP contribution in [0.3, 0.4) is 0 Å². The predicted molar refractivity (Wildman–Crippen MR) is 121 cm³/mol. The molecule has 0 fully saturated rings. The van der Waals surface area contributed by atoms with Gasteiger partial charge in [-0.25, -0.2) is 15.0 Å². The van der Waals surface area contributed by atoms with E-state index in [9.17, 15) is 0 Å². The van der Waals surface area contributed by atoms with Crippen molar-refractivity contribution in [3.05, 3.63) is 83.9 Å². The Morgan fingerprint density at radius 1 is 0.700 bits per heavy atom. The zero-order valence-electron chi connectivity index (χ0n) is 17.1. The van der Waals surface area contributed by atoms with Crippen LogP contribution in [0.5, 0.6) is 0 Å². The molecule has 0 saturated heterocycles. The van der Waals surface area contributed by atoms with Crippen LogP contribution in [0, 0.1) is 6.92 Å². The van der Waals surface area contributed by atoms with E-state index in [2.05, 4.69) is 33.2 Å². The molecule has 0 aliphatic heterocycles. The second kappa shape index (κ2) is 9.59. The van der Waals surface area contributed by atoms with E-state index >= 15 is 0 Å². The van der Waals surface area contributed by atoms with Gasteiger partial charge in [-0.3, -0.25) is 9.97 Å². The number of rotatable bonds is 7. The highest BCUT2D eigenvalue weighted by Crippen LogP contribution is 2.18. The molecule has 0 atom stereocenters. The Balaban J connectivity index is 1.42. The molecular formula is C24H23N5S. The van der Waals surface area contributed by atoms with Crippen molar-refractivity contribution in [2.75, 3.05) is 6.26 Å². The van der Waals surface area contributed by atoms with E-state index in [0.717, 1.165) is 58.5 Å². The SMILES string of the molecule is CSc1ccnc(-c2cccc(CCCc3cccc(-c4cccc(C)n4)n3)n2)n1. The molecule has 0 spiro atoms. The van der Waals surface area contributed by atoms with Crippen molar-refractivity contribution in [3.63, 3.8) is 0 Å². The molecule has 5 nitrogen and oxygen atoms in total. The maximum absolute atomic E-state index is 4.79. The monoisotopic (exact) mass is 413 g/mol. The van der Waals surface area contributed by atoms with Gasteiger partial charge in [-0.05, 0) is 74.9 Å². The molecule has 0 aliphatic carbocycles. The predicted octanol–water partition coefficient (Wildman–Crippen LogP) is 5.20. The van der Waals surface area contributed by atoms with Crippen LogP contribution in [0.1, 0.15) is 23.5 Å². The lowest BCUT2D eigenvalue weighted by Crippen LogP contribution is -1.99. The summed E-state index contributed by atoms with van der Waals surface area (Å²) in [5.74, 6) is 0.670. The number of thioether (sulfide) groups is 1. The molecular weight excluding hydrogens is 390 g/mol. The molecule has 0 amide bonds. The standard InChI is InChI=1S/C24H23N5S/c1-17-7-3-12-20(26-17)21-13-5-10-18(27-21)8-4-9-19-11-6-14-22(28-19)24-25-16-15-23(29-24)30-2/h3,5-7,10-16H,4,8-9H2,1-2H3. The lowest BCUT2D eigenvalue weighted by atomic mass is 10.1. The van der Waals surface area contributed by atoms with E-state index in [4.69, 9.17) is 9.97 Å². The van der Waals surface area contributed by atoms with Crippen LogP contribution < -0.4 is 0 Å². The summed E-state index contributed by atoms with van der Waals surface area (Å²) in [6.45, 7) is 2.00. The summed E-state index contributed by atoms with van der Waals surface area (Å²) in [5.41, 5.74) is 5.76. The van der Waals surface area contributed by atoms with E-state index in [-0.39, 0.29) is 0 Å². The summed E-state index contributed by atoms with van der Waals surface area (Å²) < 4.78 is 0. The van der Waals surface area contributed by atoms with Gasteiger partial charge in [-0.1, -0.05) is 18.2 Å². The Morgan fingerprint density at radius 3 is 2.03 bits per heavy atom. The number of hydrogen-bond donors (Lipinski definition) is 0. The van der Waals surface area contributed by atoms with Crippen LogP contribution in [-0.4, -0.2) is 31.2 Å². The molecule has 0 bridgehead atoms. The molecule has 4 heterocycles. The van der Waals surface area contributed by atoms with Crippen molar-refractivity contribution in [1.29, 1.82) is 0 Å². The number of hydrogen-bond acceptors (Lipinski definition) is 6. The fourth-order valence-electron chi connectivity index (χ4n) is 3.22. The highest BCUT2D eigenvalue weighted by Gasteiger charge is 2.07. The van der Waals surface area contributed by atoms with Crippen LogP contribution in [-0.2, 0) is 12.8 Å². The molecule has 0 unspecified atom stereocenters. The summed E-state index contributed by atoms with van der Waals surface area (Å²) in [6, 6.07) is 20.1. The molecule has 0 N–H and O–H groups in total. The van der Waals surface area contributed by atoms with Crippen LogP contribution in [0.4, 0.5) is 0 Å². The van der Waals surface area contributed by atoms with Gasteiger partial charge in [0, 0.05) is 23.3 Å². The molecule has 4 aromatic heterocycles. The van der Waals surface area contributed by atoms with E-state index in [1.54, 1.807) is 18.0 Å². The van der Waals surface area contributed by atoms with Gasteiger partial charge in [-0.15, -0.1) is 11.8 Å². The minimum absolute atomic E-state index is 0.670. The number of pyridine rings is 3. The fourth-order valence-corrected chi connectivity index (χ4v) is 3.60. The molecule has 0 saturated carbocycles. The van der Waals surface area contributed by atoms with Gasteiger partial charge in [-0.2, -0.15) is 0 Å². The maximum atomic E-state index is 4.79. The third-order valence-electron chi connectivity index (χ3n) is 4.70. The molecule has 6 heteroatoms. The molecule has 4 rings (SSSR count). The largest absolute Gasteiger partial charge is 0.251 e. The summed E-state index contributed by atoms with van der Waals surface area (Å²) in [5, 5.41) is 0.946. The van der Waals surface area contributed by atoms with Crippen LogP contribution in [0.25, 0.3) is 22.9 Å². The van der Waals surface area contributed by atoms with E-state index in [0.29, 0.717) is 5.82 Å². The van der Waals surface area contributed by atoms with Crippen molar-refractivity contribution >= 4 is 11.8 Å². The van der Waals surface area contributed by atoms with Crippen molar-refractivity contribution in [1.82, 2.24) is 24.9 Å². The first-order valence-corrected chi connectivity index (χ1v) is 11.2. The quantitative estimate of drug-likeness (QED) is 0.306. The molecule has 30 heavy (non-hydrogen) atoms. The first kappa shape index (κ1) is 20.2. The van der Waals surface area contributed by atoms with Gasteiger partial charge in [0.1, 0.15) is 5.69 Å². The van der Waals surface area contributed by atoms with Gasteiger partial charge >= 0.3 is 0 Å². The number of aromatic nitrogens is 5. The number of nitrogens with zero attached hydrogens (tertiary/aromatic N) is 5. The average molecular weight is 414 g/mol. The Morgan fingerprint density at radius 2 is 1.33 bits per heavy atom. The summed E-state index contributed by atoms with van der Waals surface area (Å²) in [7, 11) is 0. The summed E-state index contributed by atoms with van der Waals surface area (Å²) in [4.78, 5) is 23.0. The van der Waals surface area contributed by atoms with Crippen molar-refractivity contribution in [2.45, 2.75) is 31.2 Å². The Bertz CT molecular complexity index is 1150. The second-order valence-electron chi connectivity index (χ2n) is 6.97. The lowest BCUT2D eigenvalue weighted by Gasteiger charge is -2.06. The Hall–Kier alpha value is -3.12. The van der Waals surface area contributed by atoms with Gasteiger partial charge in [0.05, 0.1) is 16.4 Å². The third kappa shape index (κ3) is 5.07. The van der Waals surface area contributed by atoms with Crippen LogP contribution >= 0.6 is 11.8 Å². The molecule has 0 aromatic carbocycles. The van der Waals surface area contributed by atoms with Crippen molar-refractivity contribution in [3.8, 4) is 22.9 Å². The van der Waals surface area contributed by atoms with Gasteiger partial charge in [0.25, 0.3) is 0 Å². The second-order valence-corrected chi connectivity index (χ2v) is 7.80. The first-order chi connectivity index (χ1) is 14.7. The minimum Gasteiger partial charge on any atom is -0.251 e. The summed E-state index contributed by atoms with van der Waals surface area (Å²) in [6.07, 6.45) is 6.53. The average Bonchev–Trinajstić information content (AvgIpc) is 2.79. The maximum Gasteiger partial charge on any atom is 0.179 e. The normalized spacial score (nSPS) is 10.9. The smallest absolute Gasteiger partial charge is 0.179 e. The molecule has 0 aliphatic rings. The molecule has 150 valence electrons. The topological polar surface area (TPSA) is 64.5 Å². The fraction of sp³-hybridized carbons (Fsp3) is 0.208. The molecule has 4 aromatic rings. The van der Waals surface area contributed by atoms with Crippen LogP contribution in [0.2, 0.25) is 0 Å². The van der Waals surface area contributed by atoms with Gasteiger partial charge in [0.15, 0.2) is 5.82 Å². The van der Waals surface area contributed by atoms with Gasteiger partial charge in [0.2, 0.25) is 0 Å². The van der Waals surface area contributed by atoms with Crippen LogP contribution in [0.15, 0.2) is 71.9 Å². The highest BCUT2D eigenvalue weighted by atomic mass is 32.2. The zero-order chi connectivity index (χ0) is 20.8. The van der Waals surface area contributed by atoms with E-state index in [1.165, 1.54) is 0 Å². The number of aryl methyl sites for hydroxylation is 3. The van der Waals surface area contributed by atoms with E-state index < -0.39 is 0 Å². The Labute approximate surface area is 181 Å². The van der Waals surface area contributed by atoms with Crippen molar-refractivity contribution < 1.29 is 0 Å². The summed E-state index contributed by atoms with van der Waals surface area (Å²) >= 11 is 1.60. The lowest BCUT2D eigenvalue weighted by molar-refractivity contribution is 0.782. The molecule has 0 radical (unpaired) electrons. The third-order valence-corrected chi connectivity index (χ3v) is 5.34. The zero-order valence-corrected chi connectivity index (χ0v) is 17.9. The minimum atomic E-state index is 0.670. The Kier molecular flexibility index (Phi) is 6.44. The van der Waals surface area contributed by atoms with E-state index in [1.807, 2.05) is 55.6 Å².